The average molecular weight is 323 g/mol. The van der Waals surface area contributed by atoms with E-state index in [9.17, 15) is 0 Å². The summed E-state index contributed by atoms with van der Waals surface area (Å²) in [5.74, 6) is 2.00. The summed E-state index contributed by atoms with van der Waals surface area (Å²) in [5.41, 5.74) is 0.994. The number of hydrogen-bond donors (Lipinski definition) is 2. The predicted octanol–water partition coefficient (Wildman–Crippen LogP) is 0.695. The summed E-state index contributed by atoms with van der Waals surface area (Å²) >= 11 is 0. The van der Waals surface area contributed by atoms with Gasteiger partial charge >= 0.3 is 0 Å². The van der Waals surface area contributed by atoms with Crippen LogP contribution in [-0.2, 0) is 6.54 Å². The first kappa shape index (κ1) is 17.7. The molecule has 0 spiro atoms. The van der Waals surface area contributed by atoms with Crippen molar-refractivity contribution in [3.63, 3.8) is 0 Å². The highest BCUT2D eigenvalue weighted by Gasteiger charge is 2.20. The number of aliphatic imine (C=N–C) groups is 1. The number of aliphatic hydroxyl groups excluding tert-OH is 1. The molecule has 0 radical (unpaired) electrons. The zero-order chi connectivity index (χ0) is 16.7. The number of guanidine groups is 1. The SMILES string of the molecule is CCNC(=NCC(C)CO)N1CCN(Cc2cc(C)on2)CC1. The Kier molecular flexibility index (Phi) is 6.85. The van der Waals surface area contributed by atoms with Crippen LogP contribution in [0.5, 0.6) is 0 Å². The largest absolute Gasteiger partial charge is 0.396 e. The smallest absolute Gasteiger partial charge is 0.194 e. The van der Waals surface area contributed by atoms with E-state index in [2.05, 4.69) is 32.2 Å². The number of piperazine rings is 1. The molecule has 130 valence electrons. The maximum Gasteiger partial charge on any atom is 0.194 e. The standard InChI is InChI=1S/C16H29N5O2/c1-4-17-16(18-10-13(2)12-22)21-7-5-20(6-8-21)11-15-9-14(3)23-19-15/h9,13,22H,4-8,10-12H2,1-3H3,(H,17,18). The summed E-state index contributed by atoms with van der Waals surface area (Å²) in [6, 6.07) is 1.99. The molecule has 23 heavy (non-hydrogen) atoms. The van der Waals surface area contributed by atoms with E-state index in [1.54, 1.807) is 0 Å². The van der Waals surface area contributed by atoms with E-state index in [0.29, 0.717) is 6.54 Å². The van der Waals surface area contributed by atoms with Gasteiger partial charge in [0.25, 0.3) is 0 Å². The van der Waals surface area contributed by atoms with Crippen LogP contribution in [0.3, 0.4) is 0 Å². The Balaban J connectivity index is 1.85. The van der Waals surface area contributed by atoms with Crippen molar-refractivity contribution in [3.8, 4) is 0 Å². The maximum absolute atomic E-state index is 9.14. The summed E-state index contributed by atoms with van der Waals surface area (Å²) in [6.45, 7) is 12.3. The molecular weight excluding hydrogens is 294 g/mol. The number of aromatic nitrogens is 1. The van der Waals surface area contributed by atoms with E-state index in [0.717, 1.165) is 56.7 Å². The minimum Gasteiger partial charge on any atom is -0.396 e. The Morgan fingerprint density at radius 3 is 2.74 bits per heavy atom. The van der Waals surface area contributed by atoms with Gasteiger partial charge in [-0.05, 0) is 19.8 Å². The van der Waals surface area contributed by atoms with Gasteiger partial charge in [-0.3, -0.25) is 9.89 Å². The van der Waals surface area contributed by atoms with Gasteiger partial charge in [-0.25, -0.2) is 0 Å². The first-order valence-corrected chi connectivity index (χ1v) is 8.41. The summed E-state index contributed by atoms with van der Waals surface area (Å²) in [5, 5.41) is 16.6. The lowest BCUT2D eigenvalue weighted by Gasteiger charge is -2.36. The van der Waals surface area contributed by atoms with Gasteiger partial charge in [-0.2, -0.15) is 0 Å². The van der Waals surface area contributed by atoms with Crippen LogP contribution < -0.4 is 5.32 Å². The van der Waals surface area contributed by atoms with E-state index in [-0.39, 0.29) is 12.5 Å². The van der Waals surface area contributed by atoms with Gasteiger partial charge < -0.3 is 19.8 Å². The highest BCUT2D eigenvalue weighted by atomic mass is 16.5. The number of hydrogen-bond acceptors (Lipinski definition) is 5. The summed E-state index contributed by atoms with van der Waals surface area (Å²) < 4.78 is 5.13. The van der Waals surface area contributed by atoms with Crippen molar-refractivity contribution in [1.82, 2.24) is 20.3 Å². The second kappa shape index (κ2) is 8.88. The molecule has 1 aliphatic heterocycles. The van der Waals surface area contributed by atoms with Gasteiger partial charge in [-0.15, -0.1) is 0 Å². The lowest BCUT2D eigenvalue weighted by atomic mass is 10.2. The fourth-order valence-corrected chi connectivity index (χ4v) is 2.57. The molecule has 0 saturated carbocycles. The van der Waals surface area contributed by atoms with Crippen molar-refractivity contribution in [1.29, 1.82) is 0 Å². The zero-order valence-electron chi connectivity index (χ0n) is 14.5. The molecule has 7 nitrogen and oxygen atoms in total. The van der Waals surface area contributed by atoms with Gasteiger partial charge in [0.2, 0.25) is 0 Å². The van der Waals surface area contributed by atoms with Crippen LogP contribution in [0.1, 0.15) is 25.3 Å². The molecule has 2 heterocycles. The fraction of sp³-hybridized carbons (Fsp3) is 0.750. The molecule has 2 rings (SSSR count). The minimum absolute atomic E-state index is 0.174. The monoisotopic (exact) mass is 323 g/mol. The predicted molar refractivity (Wildman–Crippen MR) is 90.3 cm³/mol. The van der Waals surface area contributed by atoms with Crippen LogP contribution in [0, 0.1) is 12.8 Å². The van der Waals surface area contributed by atoms with Crippen LogP contribution in [0.4, 0.5) is 0 Å². The second-order valence-corrected chi connectivity index (χ2v) is 6.17. The Morgan fingerprint density at radius 1 is 1.43 bits per heavy atom. The lowest BCUT2D eigenvalue weighted by Crippen LogP contribution is -2.52. The van der Waals surface area contributed by atoms with E-state index >= 15 is 0 Å². The van der Waals surface area contributed by atoms with Gasteiger partial charge in [0.15, 0.2) is 5.96 Å². The lowest BCUT2D eigenvalue weighted by molar-refractivity contribution is 0.168. The number of rotatable bonds is 6. The van der Waals surface area contributed by atoms with E-state index in [1.807, 2.05) is 19.9 Å². The second-order valence-electron chi connectivity index (χ2n) is 6.17. The summed E-state index contributed by atoms with van der Waals surface area (Å²) in [6.07, 6.45) is 0. The van der Waals surface area contributed by atoms with Crippen LogP contribution in [0.25, 0.3) is 0 Å². The molecule has 1 aromatic heterocycles. The van der Waals surface area contributed by atoms with Crippen LogP contribution in [-0.4, -0.2) is 71.9 Å². The van der Waals surface area contributed by atoms with Crippen LogP contribution >= 0.6 is 0 Å². The number of aryl methyl sites for hydroxylation is 1. The number of aliphatic hydroxyl groups is 1. The van der Waals surface area contributed by atoms with Crippen LogP contribution in [0.2, 0.25) is 0 Å². The molecule has 1 saturated heterocycles. The van der Waals surface area contributed by atoms with Gasteiger partial charge in [0, 0.05) is 58.5 Å². The normalized spacial score (nSPS) is 18.3. The van der Waals surface area contributed by atoms with Crippen LogP contribution in [0.15, 0.2) is 15.6 Å². The first-order valence-electron chi connectivity index (χ1n) is 8.41. The van der Waals surface area contributed by atoms with Gasteiger partial charge in [0.1, 0.15) is 5.76 Å². The third-order valence-corrected chi connectivity index (χ3v) is 3.93. The van der Waals surface area contributed by atoms with Crippen molar-refractivity contribution < 1.29 is 9.63 Å². The first-order chi connectivity index (χ1) is 11.1. The average Bonchev–Trinajstić information content (AvgIpc) is 2.97. The van der Waals surface area contributed by atoms with Crippen molar-refractivity contribution in [2.45, 2.75) is 27.3 Å². The minimum atomic E-state index is 0.174. The molecule has 2 N–H and O–H groups in total. The summed E-state index contributed by atoms with van der Waals surface area (Å²) in [4.78, 5) is 9.32. The Labute approximate surface area is 138 Å². The topological polar surface area (TPSA) is 77.1 Å². The van der Waals surface area contributed by atoms with Crippen molar-refractivity contribution in [3.05, 3.63) is 17.5 Å². The van der Waals surface area contributed by atoms with E-state index in [4.69, 9.17) is 9.63 Å². The highest BCUT2D eigenvalue weighted by Crippen LogP contribution is 2.09. The molecule has 1 fully saturated rings. The van der Waals surface area contributed by atoms with Gasteiger partial charge in [-0.1, -0.05) is 12.1 Å². The fourth-order valence-electron chi connectivity index (χ4n) is 2.57. The molecule has 7 heteroatoms. The Bertz CT molecular complexity index is 494. The molecule has 0 amide bonds. The molecule has 0 aliphatic carbocycles. The summed E-state index contributed by atoms with van der Waals surface area (Å²) in [7, 11) is 0. The molecule has 1 aliphatic rings. The molecular formula is C16H29N5O2. The van der Waals surface area contributed by atoms with E-state index < -0.39 is 0 Å². The molecule has 0 bridgehead atoms. The Hall–Kier alpha value is -1.60. The highest BCUT2D eigenvalue weighted by molar-refractivity contribution is 5.80. The number of nitrogens with one attached hydrogen (secondary N) is 1. The Morgan fingerprint density at radius 2 is 2.17 bits per heavy atom. The van der Waals surface area contributed by atoms with Gasteiger partial charge in [0.05, 0.1) is 5.69 Å². The third kappa shape index (κ3) is 5.51. The molecule has 0 aromatic carbocycles. The molecule has 1 aromatic rings. The third-order valence-electron chi connectivity index (χ3n) is 3.93. The quantitative estimate of drug-likeness (QED) is 0.593. The zero-order valence-corrected chi connectivity index (χ0v) is 14.5. The van der Waals surface area contributed by atoms with Crippen molar-refractivity contribution in [2.75, 3.05) is 45.9 Å². The maximum atomic E-state index is 9.14. The van der Waals surface area contributed by atoms with E-state index in [1.165, 1.54) is 0 Å². The van der Waals surface area contributed by atoms with Crippen molar-refractivity contribution in [2.24, 2.45) is 10.9 Å². The van der Waals surface area contributed by atoms with Crippen molar-refractivity contribution >= 4 is 5.96 Å². The number of nitrogens with zero attached hydrogens (tertiary/aromatic N) is 4. The molecule has 1 unspecified atom stereocenters. The molecule has 1 atom stereocenters.